The van der Waals surface area contributed by atoms with Gasteiger partial charge in [0.2, 0.25) is 10.0 Å². The molecule has 114 valence electrons. The van der Waals surface area contributed by atoms with Crippen molar-refractivity contribution >= 4 is 22.4 Å². The summed E-state index contributed by atoms with van der Waals surface area (Å²) in [6.45, 7) is 4.73. The van der Waals surface area contributed by atoms with Crippen LogP contribution in [0.4, 0.5) is 0 Å². The topological polar surface area (TPSA) is 63.4 Å². The molecule has 2 rings (SSSR count). The predicted octanol–water partition coefficient (Wildman–Crippen LogP) is 2.23. The van der Waals surface area contributed by atoms with Crippen LogP contribution >= 0.6 is 12.4 Å². The average Bonchev–Trinajstić information content (AvgIpc) is 2.41. The summed E-state index contributed by atoms with van der Waals surface area (Å²) >= 11 is 0. The molecule has 0 radical (unpaired) electrons. The maximum absolute atomic E-state index is 12.8. The number of halogens is 1. The lowest BCUT2D eigenvalue weighted by atomic mass is 10.1. The Morgan fingerprint density at radius 1 is 1.30 bits per heavy atom. The van der Waals surface area contributed by atoms with Crippen molar-refractivity contribution in [2.45, 2.75) is 44.0 Å². The first-order chi connectivity index (χ1) is 8.96. The first-order valence-electron chi connectivity index (χ1n) is 6.76. The Hall–Kier alpha value is -0.620. The van der Waals surface area contributed by atoms with Gasteiger partial charge in [-0.3, -0.25) is 0 Å². The van der Waals surface area contributed by atoms with Crippen molar-refractivity contribution in [2.75, 3.05) is 13.1 Å². The van der Waals surface area contributed by atoms with Gasteiger partial charge >= 0.3 is 0 Å². The fourth-order valence-corrected chi connectivity index (χ4v) is 4.65. The molecule has 1 aliphatic rings. The monoisotopic (exact) mass is 318 g/mol. The molecule has 6 heteroatoms. The Labute approximate surface area is 127 Å². The van der Waals surface area contributed by atoms with Gasteiger partial charge in [0.25, 0.3) is 0 Å². The fraction of sp³-hybridized carbons (Fsp3) is 0.571. The van der Waals surface area contributed by atoms with Gasteiger partial charge in [-0.25, -0.2) is 8.42 Å². The molecular weight excluding hydrogens is 296 g/mol. The second kappa shape index (κ2) is 6.89. The van der Waals surface area contributed by atoms with E-state index in [0.29, 0.717) is 18.0 Å². The van der Waals surface area contributed by atoms with Gasteiger partial charge in [0, 0.05) is 19.1 Å². The smallest absolute Gasteiger partial charge is 0.243 e. The van der Waals surface area contributed by atoms with Crippen LogP contribution in [0.25, 0.3) is 0 Å². The number of nitrogens with zero attached hydrogens (tertiary/aromatic N) is 1. The maximum atomic E-state index is 12.8. The molecule has 1 aromatic carbocycles. The van der Waals surface area contributed by atoms with Crippen LogP contribution in [0.5, 0.6) is 0 Å². The van der Waals surface area contributed by atoms with Crippen LogP contribution in [0.2, 0.25) is 0 Å². The molecule has 1 unspecified atom stereocenters. The molecule has 1 aliphatic heterocycles. The third-order valence-corrected chi connectivity index (χ3v) is 5.87. The van der Waals surface area contributed by atoms with Crippen molar-refractivity contribution in [3.05, 3.63) is 29.3 Å². The van der Waals surface area contributed by atoms with Crippen molar-refractivity contribution in [3.63, 3.8) is 0 Å². The normalized spacial score (nSPS) is 20.4. The van der Waals surface area contributed by atoms with Gasteiger partial charge in [0.05, 0.1) is 4.90 Å². The molecule has 0 saturated carbocycles. The van der Waals surface area contributed by atoms with E-state index in [1.54, 1.807) is 10.4 Å². The minimum Gasteiger partial charge on any atom is -0.329 e. The molecule has 0 amide bonds. The first kappa shape index (κ1) is 17.4. The van der Waals surface area contributed by atoms with Gasteiger partial charge in [0.1, 0.15) is 0 Å². The third-order valence-electron chi connectivity index (χ3n) is 3.78. The van der Waals surface area contributed by atoms with E-state index in [4.69, 9.17) is 5.73 Å². The van der Waals surface area contributed by atoms with Crippen molar-refractivity contribution in [3.8, 4) is 0 Å². The summed E-state index contributed by atoms with van der Waals surface area (Å²) in [6, 6.07) is 5.50. The Kier molecular flexibility index (Phi) is 6.01. The summed E-state index contributed by atoms with van der Waals surface area (Å²) in [5.41, 5.74) is 7.49. The van der Waals surface area contributed by atoms with E-state index in [-0.39, 0.29) is 18.4 Å². The van der Waals surface area contributed by atoms with Crippen LogP contribution in [0.3, 0.4) is 0 Å². The lowest BCUT2D eigenvalue weighted by molar-refractivity contribution is 0.257. The SMILES string of the molecule is Cc1ccc(C)c(S(=O)(=O)N2CCCCC2CN)c1.Cl. The van der Waals surface area contributed by atoms with E-state index in [2.05, 4.69) is 0 Å². The number of hydrogen-bond acceptors (Lipinski definition) is 3. The van der Waals surface area contributed by atoms with Crippen LogP contribution in [0.15, 0.2) is 23.1 Å². The summed E-state index contributed by atoms with van der Waals surface area (Å²) < 4.78 is 27.2. The van der Waals surface area contributed by atoms with Crippen molar-refractivity contribution < 1.29 is 8.42 Å². The first-order valence-corrected chi connectivity index (χ1v) is 8.20. The summed E-state index contributed by atoms with van der Waals surface area (Å²) in [5, 5.41) is 0. The highest BCUT2D eigenvalue weighted by molar-refractivity contribution is 7.89. The molecule has 4 nitrogen and oxygen atoms in total. The highest BCUT2D eigenvalue weighted by atomic mass is 35.5. The average molecular weight is 319 g/mol. The van der Waals surface area contributed by atoms with E-state index >= 15 is 0 Å². The molecule has 1 saturated heterocycles. The van der Waals surface area contributed by atoms with E-state index in [1.165, 1.54) is 0 Å². The van der Waals surface area contributed by atoms with Gasteiger partial charge in [-0.15, -0.1) is 12.4 Å². The van der Waals surface area contributed by atoms with Gasteiger partial charge in [-0.1, -0.05) is 18.6 Å². The molecule has 0 spiro atoms. The highest BCUT2D eigenvalue weighted by Gasteiger charge is 2.33. The number of benzene rings is 1. The van der Waals surface area contributed by atoms with Crippen molar-refractivity contribution in [1.82, 2.24) is 4.31 Å². The molecule has 1 fully saturated rings. The van der Waals surface area contributed by atoms with Gasteiger partial charge in [0.15, 0.2) is 0 Å². The largest absolute Gasteiger partial charge is 0.329 e. The summed E-state index contributed by atoms with van der Waals surface area (Å²) in [4.78, 5) is 0.424. The summed E-state index contributed by atoms with van der Waals surface area (Å²) in [5.74, 6) is 0. The molecule has 0 aliphatic carbocycles. The van der Waals surface area contributed by atoms with Crippen molar-refractivity contribution in [1.29, 1.82) is 0 Å². The Bertz CT molecular complexity index is 560. The number of hydrogen-bond donors (Lipinski definition) is 1. The molecule has 1 aromatic rings. The minimum atomic E-state index is -3.42. The lowest BCUT2D eigenvalue weighted by Crippen LogP contribution is -2.47. The lowest BCUT2D eigenvalue weighted by Gasteiger charge is -2.34. The van der Waals surface area contributed by atoms with E-state index in [0.717, 1.165) is 30.4 Å². The number of nitrogens with two attached hydrogens (primary N) is 1. The number of aryl methyl sites for hydroxylation is 2. The predicted molar refractivity (Wildman–Crippen MR) is 83.7 cm³/mol. The minimum absolute atomic E-state index is 0. The zero-order chi connectivity index (χ0) is 14.0. The third kappa shape index (κ3) is 3.34. The molecule has 1 heterocycles. The van der Waals surface area contributed by atoms with E-state index in [1.807, 2.05) is 26.0 Å². The summed E-state index contributed by atoms with van der Waals surface area (Å²) in [7, 11) is -3.42. The standard InChI is InChI=1S/C14H22N2O2S.ClH/c1-11-6-7-12(2)14(9-11)19(17,18)16-8-4-3-5-13(16)10-15;/h6-7,9,13H,3-5,8,10,15H2,1-2H3;1H. The zero-order valence-electron chi connectivity index (χ0n) is 12.0. The number of rotatable bonds is 3. The molecule has 0 bridgehead atoms. The van der Waals surface area contributed by atoms with Gasteiger partial charge < -0.3 is 5.73 Å². The Morgan fingerprint density at radius 2 is 2.00 bits per heavy atom. The van der Waals surface area contributed by atoms with Crippen molar-refractivity contribution in [2.24, 2.45) is 5.73 Å². The molecule has 2 N–H and O–H groups in total. The zero-order valence-corrected chi connectivity index (χ0v) is 13.6. The van der Waals surface area contributed by atoms with Crippen LogP contribution in [-0.4, -0.2) is 31.9 Å². The second-order valence-electron chi connectivity index (χ2n) is 5.27. The molecule has 0 aromatic heterocycles. The quantitative estimate of drug-likeness (QED) is 0.929. The van der Waals surface area contributed by atoms with Crippen LogP contribution in [-0.2, 0) is 10.0 Å². The van der Waals surface area contributed by atoms with Gasteiger partial charge in [-0.2, -0.15) is 4.31 Å². The second-order valence-corrected chi connectivity index (χ2v) is 7.13. The molecule has 20 heavy (non-hydrogen) atoms. The number of sulfonamides is 1. The van der Waals surface area contributed by atoms with E-state index in [9.17, 15) is 8.42 Å². The maximum Gasteiger partial charge on any atom is 0.243 e. The van der Waals surface area contributed by atoms with E-state index < -0.39 is 10.0 Å². The Morgan fingerprint density at radius 3 is 2.65 bits per heavy atom. The van der Waals surface area contributed by atoms with Crippen LogP contribution < -0.4 is 5.73 Å². The Balaban J connectivity index is 0.00000200. The molecular formula is C14H23ClN2O2S. The van der Waals surface area contributed by atoms with Crippen LogP contribution in [0, 0.1) is 13.8 Å². The van der Waals surface area contributed by atoms with Crippen LogP contribution in [0.1, 0.15) is 30.4 Å². The summed E-state index contributed by atoms with van der Waals surface area (Å²) in [6.07, 6.45) is 2.84. The molecule has 1 atom stereocenters. The highest BCUT2D eigenvalue weighted by Crippen LogP contribution is 2.27. The number of piperidine rings is 1. The fourth-order valence-electron chi connectivity index (χ4n) is 2.64. The van der Waals surface area contributed by atoms with Gasteiger partial charge in [-0.05, 0) is 43.9 Å².